The Labute approximate surface area is 101 Å². The van der Waals surface area contributed by atoms with Gasteiger partial charge in [0.15, 0.2) is 0 Å². The Morgan fingerprint density at radius 3 is 3.06 bits per heavy atom. The maximum Gasteiger partial charge on any atom is 0.255 e. The fourth-order valence-electron chi connectivity index (χ4n) is 2.29. The van der Waals surface area contributed by atoms with Gasteiger partial charge in [-0.15, -0.1) is 0 Å². The zero-order valence-electron chi connectivity index (χ0n) is 10.3. The second kappa shape index (κ2) is 5.42. The molecule has 5 nitrogen and oxygen atoms in total. The zero-order valence-corrected chi connectivity index (χ0v) is 10.3. The lowest BCUT2D eigenvalue weighted by Gasteiger charge is -2.27. The lowest BCUT2D eigenvalue weighted by Crippen LogP contribution is -2.36. The van der Waals surface area contributed by atoms with Gasteiger partial charge in [-0.05, 0) is 19.5 Å². The molecule has 0 radical (unpaired) electrons. The molecule has 1 aliphatic rings. The summed E-state index contributed by atoms with van der Waals surface area (Å²) in [6, 6.07) is 0. The molecule has 2 rings (SSSR count). The fourth-order valence-corrected chi connectivity index (χ4v) is 2.29. The molecule has 3 N–H and O–H groups in total. The number of aromatic amines is 1. The Morgan fingerprint density at radius 1 is 1.53 bits per heavy atom. The lowest BCUT2D eigenvalue weighted by atomic mass is 10.1. The molecular weight excluding hydrogens is 216 g/mol. The van der Waals surface area contributed by atoms with Gasteiger partial charge in [0.2, 0.25) is 0 Å². The number of nitrogens with zero attached hydrogens (tertiary/aromatic N) is 2. The average Bonchev–Trinajstić information content (AvgIpc) is 2.31. The van der Waals surface area contributed by atoms with Crippen molar-refractivity contribution in [1.82, 2.24) is 14.9 Å². The van der Waals surface area contributed by atoms with Gasteiger partial charge >= 0.3 is 0 Å². The van der Waals surface area contributed by atoms with Crippen molar-refractivity contribution in [2.24, 2.45) is 5.73 Å². The van der Waals surface area contributed by atoms with Gasteiger partial charge in [0.25, 0.3) is 5.56 Å². The van der Waals surface area contributed by atoms with E-state index in [0.29, 0.717) is 13.0 Å². The van der Waals surface area contributed by atoms with Crippen molar-refractivity contribution in [3.8, 4) is 0 Å². The maximum absolute atomic E-state index is 11.9. The van der Waals surface area contributed by atoms with Crippen LogP contribution < -0.4 is 11.3 Å². The van der Waals surface area contributed by atoms with Crippen LogP contribution in [0.3, 0.4) is 0 Å². The summed E-state index contributed by atoms with van der Waals surface area (Å²) >= 11 is 0. The van der Waals surface area contributed by atoms with Crippen molar-refractivity contribution in [2.75, 3.05) is 19.6 Å². The SMILES string of the molecule is CCCN1CCc2nc(CCN)[nH]c(=O)c2C1. The minimum Gasteiger partial charge on any atom is -0.330 e. The van der Waals surface area contributed by atoms with Crippen LogP contribution in [0.1, 0.15) is 30.4 Å². The number of hydrogen-bond donors (Lipinski definition) is 2. The Balaban J connectivity index is 2.24. The van der Waals surface area contributed by atoms with Crippen LogP contribution >= 0.6 is 0 Å². The zero-order chi connectivity index (χ0) is 12.3. The van der Waals surface area contributed by atoms with Gasteiger partial charge in [-0.2, -0.15) is 0 Å². The molecule has 94 valence electrons. The highest BCUT2D eigenvalue weighted by Crippen LogP contribution is 2.13. The van der Waals surface area contributed by atoms with Crippen LogP contribution in [0.4, 0.5) is 0 Å². The van der Waals surface area contributed by atoms with E-state index >= 15 is 0 Å². The molecular formula is C12H20N4O. The van der Waals surface area contributed by atoms with E-state index in [0.717, 1.165) is 49.6 Å². The highest BCUT2D eigenvalue weighted by atomic mass is 16.1. The predicted octanol–water partition coefficient (Wildman–Crippen LogP) is 0.0392. The maximum atomic E-state index is 11.9. The van der Waals surface area contributed by atoms with Gasteiger partial charge in [0.05, 0.1) is 11.3 Å². The minimum absolute atomic E-state index is 0.0132. The average molecular weight is 236 g/mol. The molecule has 5 heteroatoms. The highest BCUT2D eigenvalue weighted by molar-refractivity contribution is 5.20. The molecule has 0 atom stereocenters. The molecule has 0 aromatic carbocycles. The molecule has 0 saturated heterocycles. The summed E-state index contributed by atoms with van der Waals surface area (Å²) in [5.41, 5.74) is 7.29. The van der Waals surface area contributed by atoms with Gasteiger partial charge in [-0.3, -0.25) is 9.69 Å². The Bertz CT molecular complexity index is 441. The summed E-state index contributed by atoms with van der Waals surface area (Å²) in [7, 11) is 0. The van der Waals surface area contributed by atoms with Gasteiger partial charge in [-0.25, -0.2) is 4.98 Å². The van der Waals surface area contributed by atoms with Crippen LogP contribution in [0.5, 0.6) is 0 Å². The summed E-state index contributed by atoms with van der Waals surface area (Å²) in [5.74, 6) is 0.722. The molecule has 2 heterocycles. The monoisotopic (exact) mass is 236 g/mol. The Kier molecular flexibility index (Phi) is 3.91. The highest BCUT2D eigenvalue weighted by Gasteiger charge is 2.20. The van der Waals surface area contributed by atoms with E-state index in [1.54, 1.807) is 0 Å². The van der Waals surface area contributed by atoms with E-state index < -0.39 is 0 Å². The normalized spacial score (nSPS) is 15.9. The van der Waals surface area contributed by atoms with E-state index in [-0.39, 0.29) is 5.56 Å². The molecule has 0 fully saturated rings. The first-order valence-electron chi connectivity index (χ1n) is 6.28. The van der Waals surface area contributed by atoms with Crippen molar-refractivity contribution in [3.63, 3.8) is 0 Å². The largest absolute Gasteiger partial charge is 0.330 e. The molecule has 0 bridgehead atoms. The fraction of sp³-hybridized carbons (Fsp3) is 0.667. The van der Waals surface area contributed by atoms with E-state index in [9.17, 15) is 4.79 Å². The van der Waals surface area contributed by atoms with Gasteiger partial charge < -0.3 is 10.7 Å². The molecule has 0 aliphatic carbocycles. The van der Waals surface area contributed by atoms with E-state index in [2.05, 4.69) is 21.8 Å². The molecule has 17 heavy (non-hydrogen) atoms. The van der Waals surface area contributed by atoms with Gasteiger partial charge in [0.1, 0.15) is 5.82 Å². The van der Waals surface area contributed by atoms with Crippen LogP contribution in [0.25, 0.3) is 0 Å². The quantitative estimate of drug-likeness (QED) is 0.774. The van der Waals surface area contributed by atoms with Crippen molar-refractivity contribution in [3.05, 3.63) is 27.4 Å². The summed E-state index contributed by atoms with van der Waals surface area (Å²) in [6.45, 7) is 5.45. The van der Waals surface area contributed by atoms with Crippen molar-refractivity contribution in [2.45, 2.75) is 32.7 Å². The number of fused-ring (bicyclic) bond motifs is 1. The summed E-state index contributed by atoms with van der Waals surface area (Å²) in [6.07, 6.45) is 2.63. The van der Waals surface area contributed by atoms with Crippen molar-refractivity contribution < 1.29 is 0 Å². The molecule has 0 saturated carbocycles. The minimum atomic E-state index is 0.0132. The number of H-pyrrole nitrogens is 1. The summed E-state index contributed by atoms with van der Waals surface area (Å²) in [5, 5.41) is 0. The Hall–Kier alpha value is -1.20. The van der Waals surface area contributed by atoms with Crippen molar-refractivity contribution >= 4 is 0 Å². The summed E-state index contributed by atoms with van der Waals surface area (Å²) in [4.78, 5) is 21.6. The van der Waals surface area contributed by atoms with Crippen LogP contribution in [0.15, 0.2) is 4.79 Å². The van der Waals surface area contributed by atoms with E-state index in [1.165, 1.54) is 0 Å². The molecule has 0 unspecified atom stereocenters. The van der Waals surface area contributed by atoms with Gasteiger partial charge in [0, 0.05) is 25.9 Å². The third-order valence-corrected chi connectivity index (χ3v) is 3.12. The summed E-state index contributed by atoms with van der Waals surface area (Å²) < 4.78 is 0. The van der Waals surface area contributed by atoms with E-state index in [1.807, 2.05) is 0 Å². The molecule has 0 spiro atoms. The molecule has 1 aliphatic heterocycles. The smallest absolute Gasteiger partial charge is 0.255 e. The van der Waals surface area contributed by atoms with Crippen LogP contribution in [-0.2, 0) is 19.4 Å². The molecule has 1 aromatic rings. The predicted molar refractivity (Wildman–Crippen MR) is 66.9 cm³/mol. The second-order valence-electron chi connectivity index (χ2n) is 4.50. The lowest BCUT2D eigenvalue weighted by molar-refractivity contribution is 0.250. The first-order valence-corrected chi connectivity index (χ1v) is 6.28. The van der Waals surface area contributed by atoms with Crippen LogP contribution in [0.2, 0.25) is 0 Å². The van der Waals surface area contributed by atoms with Crippen molar-refractivity contribution in [1.29, 1.82) is 0 Å². The molecule has 1 aromatic heterocycles. The second-order valence-corrected chi connectivity index (χ2v) is 4.50. The van der Waals surface area contributed by atoms with Crippen LogP contribution in [0, 0.1) is 0 Å². The number of rotatable bonds is 4. The first-order chi connectivity index (χ1) is 8.24. The molecule has 0 amide bonds. The third kappa shape index (κ3) is 2.73. The number of nitrogens with two attached hydrogens (primary N) is 1. The topological polar surface area (TPSA) is 75.0 Å². The Morgan fingerprint density at radius 2 is 2.35 bits per heavy atom. The van der Waals surface area contributed by atoms with E-state index in [4.69, 9.17) is 5.73 Å². The van der Waals surface area contributed by atoms with Gasteiger partial charge in [-0.1, -0.05) is 6.92 Å². The first kappa shape index (κ1) is 12.3. The van der Waals surface area contributed by atoms with Crippen LogP contribution in [-0.4, -0.2) is 34.5 Å². The number of aromatic nitrogens is 2. The standard InChI is InChI=1S/C12H20N4O/c1-2-6-16-7-4-10-9(8-16)12(17)15-11(14-10)3-5-13/h2-8,13H2,1H3,(H,14,15,17). The number of nitrogens with one attached hydrogen (secondary N) is 1. The third-order valence-electron chi connectivity index (χ3n) is 3.12. The number of hydrogen-bond acceptors (Lipinski definition) is 4.